The smallest absolute Gasteiger partial charge is 0.269 e. The van der Waals surface area contributed by atoms with E-state index in [9.17, 15) is 9.18 Å². The molecule has 0 heterocycles. The van der Waals surface area contributed by atoms with E-state index in [4.69, 9.17) is 0 Å². The third-order valence-corrected chi connectivity index (χ3v) is 1.89. The highest BCUT2D eigenvalue weighted by Crippen LogP contribution is 2.08. The van der Waals surface area contributed by atoms with Gasteiger partial charge in [-0.3, -0.25) is 9.63 Å². The van der Waals surface area contributed by atoms with Gasteiger partial charge in [0.05, 0.1) is 7.11 Å². The molecular weight excluding hydrogens is 197 g/mol. The van der Waals surface area contributed by atoms with Crippen LogP contribution in [0.3, 0.4) is 0 Å². The fourth-order valence-electron chi connectivity index (χ4n) is 0.966. The molecule has 3 nitrogen and oxygen atoms in total. The van der Waals surface area contributed by atoms with Gasteiger partial charge in [-0.25, -0.2) is 9.45 Å². The summed E-state index contributed by atoms with van der Waals surface area (Å²) in [4.78, 5) is 15.9. The average Bonchev–Trinajstić information content (AvgIpc) is 2.26. The zero-order chi connectivity index (χ0) is 11.3. The van der Waals surface area contributed by atoms with E-state index in [-0.39, 0.29) is 11.7 Å². The molecule has 0 saturated heterocycles. The Kier molecular flexibility index (Phi) is 4.00. The number of hydrogen-bond acceptors (Lipinski definition) is 2. The number of nitrogens with zero attached hydrogens (tertiary/aromatic N) is 1. The van der Waals surface area contributed by atoms with Crippen LogP contribution in [0.15, 0.2) is 30.3 Å². The van der Waals surface area contributed by atoms with Gasteiger partial charge in [-0.05, 0) is 12.1 Å². The second-order valence-electron chi connectivity index (χ2n) is 2.87. The summed E-state index contributed by atoms with van der Waals surface area (Å²) in [5.41, 5.74) is 0.371. The van der Waals surface area contributed by atoms with Gasteiger partial charge in [0.1, 0.15) is 5.82 Å². The normalized spacial score (nSPS) is 10.6. The number of amides is 1. The van der Waals surface area contributed by atoms with Crippen molar-refractivity contribution in [2.45, 2.75) is 0 Å². The van der Waals surface area contributed by atoms with Crippen LogP contribution in [0.25, 0.3) is 6.08 Å². The quantitative estimate of drug-likeness (QED) is 0.561. The predicted octanol–water partition coefficient (Wildman–Crippen LogP) is 1.86. The Hall–Kier alpha value is -1.68. The van der Waals surface area contributed by atoms with Crippen molar-refractivity contribution < 1.29 is 14.0 Å². The molecule has 4 heteroatoms. The number of hydroxylamine groups is 2. The monoisotopic (exact) mass is 209 g/mol. The molecule has 80 valence electrons. The van der Waals surface area contributed by atoms with Gasteiger partial charge in [-0.15, -0.1) is 0 Å². The van der Waals surface area contributed by atoms with E-state index in [0.717, 1.165) is 5.06 Å². The Balaban J connectivity index is 2.74. The fraction of sp³-hybridized carbons (Fsp3) is 0.182. The van der Waals surface area contributed by atoms with Crippen molar-refractivity contribution in [1.82, 2.24) is 5.06 Å². The Morgan fingerprint density at radius 2 is 2.13 bits per heavy atom. The van der Waals surface area contributed by atoms with Crippen LogP contribution in [0.2, 0.25) is 0 Å². The highest BCUT2D eigenvalue weighted by molar-refractivity contribution is 5.90. The molecule has 0 aromatic heterocycles. The van der Waals surface area contributed by atoms with Gasteiger partial charge in [0.25, 0.3) is 5.91 Å². The van der Waals surface area contributed by atoms with Crippen molar-refractivity contribution in [2.75, 3.05) is 14.2 Å². The van der Waals surface area contributed by atoms with Crippen molar-refractivity contribution in [1.29, 1.82) is 0 Å². The number of halogens is 1. The topological polar surface area (TPSA) is 29.5 Å². The van der Waals surface area contributed by atoms with Gasteiger partial charge >= 0.3 is 0 Å². The number of likely N-dealkylation sites (N-methyl/N-ethyl adjacent to an activating group) is 1. The van der Waals surface area contributed by atoms with Gasteiger partial charge in [0, 0.05) is 18.7 Å². The van der Waals surface area contributed by atoms with Gasteiger partial charge in [0.15, 0.2) is 0 Å². The Morgan fingerprint density at radius 3 is 2.73 bits per heavy atom. The van der Waals surface area contributed by atoms with E-state index < -0.39 is 0 Å². The van der Waals surface area contributed by atoms with Gasteiger partial charge < -0.3 is 0 Å². The van der Waals surface area contributed by atoms with Gasteiger partial charge in [-0.2, -0.15) is 0 Å². The lowest BCUT2D eigenvalue weighted by Crippen LogP contribution is -2.22. The maximum atomic E-state index is 13.1. The van der Waals surface area contributed by atoms with Crippen molar-refractivity contribution in [3.05, 3.63) is 41.7 Å². The van der Waals surface area contributed by atoms with Crippen molar-refractivity contribution in [3.8, 4) is 0 Å². The molecule has 1 aromatic carbocycles. The summed E-state index contributed by atoms with van der Waals surface area (Å²) in [6.45, 7) is 0. The van der Waals surface area contributed by atoms with Crippen LogP contribution < -0.4 is 0 Å². The van der Waals surface area contributed by atoms with Crippen LogP contribution in [-0.4, -0.2) is 25.1 Å². The molecule has 0 aliphatic rings. The zero-order valence-corrected chi connectivity index (χ0v) is 8.61. The number of benzene rings is 1. The molecule has 0 radical (unpaired) electrons. The summed E-state index contributed by atoms with van der Waals surface area (Å²) in [7, 11) is 2.86. The average molecular weight is 209 g/mol. The van der Waals surface area contributed by atoms with E-state index in [0.29, 0.717) is 5.56 Å². The first-order valence-corrected chi connectivity index (χ1v) is 4.39. The minimum absolute atomic E-state index is 0.347. The molecule has 1 rings (SSSR count). The molecule has 0 aliphatic carbocycles. The summed E-state index contributed by atoms with van der Waals surface area (Å²) in [5.74, 6) is -0.706. The van der Waals surface area contributed by atoms with Crippen LogP contribution in [0.4, 0.5) is 4.39 Å². The van der Waals surface area contributed by atoms with Crippen molar-refractivity contribution >= 4 is 12.0 Å². The predicted molar refractivity (Wildman–Crippen MR) is 55.2 cm³/mol. The van der Waals surface area contributed by atoms with E-state index in [1.165, 1.54) is 32.4 Å². The lowest BCUT2D eigenvalue weighted by molar-refractivity contribution is -0.162. The summed E-state index contributed by atoms with van der Waals surface area (Å²) in [6, 6.07) is 6.22. The Morgan fingerprint density at radius 1 is 1.47 bits per heavy atom. The van der Waals surface area contributed by atoms with Crippen LogP contribution in [0.1, 0.15) is 5.56 Å². The fourth-order valence-corrected chi connectivity index (χ4v) is 0.966. The molecule has 15 heavy (non-hydrogen) atoms. The minimum Gasteiger partial charge on any atom is -0.274 e. The Bertz CT molecular complexity index is 377. The second-order valence-corrected chi connectivity index (χ2v) is 2.87. The molecule has 0 N–H and O–H groups in total. The van der Waals surface area contributed by atoms with E-state index in [1.807, 2.05) is 0 Å². The molecular formula is C11H12FNO2. The number of carbonyl (C=O) groups excluding carboxylic acids is 1. The maximum Gasteiger partial charge on any atom is 0.269 e. The first kappa shape index (κ1) is 11.4. The highest BCUT2D eigenvalue weighted by atomic mass is 19.1. The summed E-state index contributed by atoms with van der Waals surface area (Å²) in [5, 5.41) is 1.05. The molecule has 1 aromatic rings. The number of carbonyl (C=O) groups is 1. The SMILES string of the molecule is CON(C)C(=O)/C=C/c1ccccc1F. The van der Waals surface area contributed by atoms with Crippen LogP contribution in [0.5, 0.6) is 0 Å². The number of rotatable bonds is 3. The first-order chi connectivity index (χ1) is 7.15. The summed E-state index contributed by atoms with van der Waals surface area (Å²) in [6.07, 6.45) is 2.66. The van der Waals surface area contributed by atoms with E-state index in [1.54, 1.807) is 18.2 Å². The van der Waals surface area contributed by atoms with Crippen LogP contribution in [0, 0.1) is 5.82 Å². The van der Waals surface area contributed by atoms with Crippen LogP contribution in [-0.2, 0) is 9.63 Å². The van der Waals surface area contributed by atoms with Crippen molar-refractivity contribution in [3.63, 3.8) is 0 Å². The standard InChI is InChI=1S/C11H12FNO2/c1-13(15-2)11(14)8-7-9-5-3-4-6-10(9)12/h3-8H,1-2H3/b8-7+. The minimum atomic E-state index is -0.360. The van der Waals surface area contributed by atoms with Gasteiger partial charge in [-0.1, -0.05) is 18.2 Å². The molecule has 1 amide bonds. The van der Waals surface area contributed by atoms with Crippen LogP contribution >= 0.6 is 0 Å². The molecule has 0 fully saturated rings. The molecule has 0 saturated carbocycles. The first-order valence-electron chi connectivity index (χ1n) is 4.39. The highest BCUT2D eigenvalue weighted by Gasteiger charge is 2.02. The molecule has 0 atom stereocenters. The molecule has 0 bridgehead atoms. The maximum absolute atomic E-state index is 13.1. The third kappa shape index (κ3) is 3.18. The second kappa shape index (κ2) is 5.26. The van der Waals surface area contributed by atoms with Gasteiger partial charge in [0.2, 0.25) is 0 Å². The number of hydrogen-bond donors (Lipinski definition) is 0. The summed E-state index contributed by atoms with van der Waals surface area (Å²) >= 11 is 0. The molecule has 0 spiro atoms. The summed E-state index contributed by atoms with van der Waals surface area (Å²) < 4.78 is 13.1. The lowest BCUT2D eigenvalue weighted by Gasteiger charge is -2.09. The third-order valence-electron chi connectivity index (χ3n) is 1.89. The van der Waals surface area contributed by atoms with E-state index in [2.05, 4.69) is 4.84 Å². The van der Waals surface area contributed by atoms with Crippen molar-refractivity contribution in [2.24, 2.45) is 0 Å². The lowest BCUT2D eigenvalue weighted by atomic mass is 10.2. The largest absolute Gasteiger partial charge is 0.274 e. The molecule has 0 aliphatic heterocycles. The van der Waals surface area contributed by atoms with E-state index >= 15 is 0 Å². The Labute approximate surface area is 87.7 Å². The molecule has 0 unspecified atom stereocenters. The zero-order valence-electron chi connectivity index (χ0n) is 8.61.